The van der Waals surface area contributed by atoms with Crippen molar-refractivity contribution >= 4 is 11.8 Å². The van der Waals surface area contributed by atoms with Crippen LogP contribution in [0.25, 0.3) is 0 Å². The number of aliphatic hydroxyl groups is 1. The fourth-order valence-electron chi connectivity index (χ4n) is 2.47. The van der Waals surface area contributed by atoms with Crippen LogP contribution in [0.1, 0.15) is 51.9 Å². The van der Waals surface area contributed by atoms with Gasteiger partial charge in [0.05, 0.1) is 0 Å². The number of likely N-dealkylation sites (tertiary alicyclic amines) is 1. The van der Waals surface area contributed by atoms with Gasteiger partial charge in [0, 0.05) is 38.6 Å². The van der Waals surface area contributed by atoms with Gasteiger partial charge in [-0.1, -0.05) is 13.3 Å². The van der Waals surface area contributed by atoms with Crippen molar-refractivity contribution in [2.24, 2.45) is 5.92 Å². The molecule has 0 saturated carbocycles. The number of nitrogens with one attached hydrogen (secondary N) is 1. The Morgan fingerprint density at radius 1 is 1.20 bits per heavy atom. The van der Waals surface area contributed by atoms with Crippen LogP contribution in [0.15, 0.2) is 0 Å². The van der Waals surface area contributed by atoms with Gasteiger partial charge in [0.1, 0.15) is 0 Å². The molecular formula is C15H28N2O3. The Labute approximate surface area is 121 Å². The van der Waals surface area contributed by atoms with Gasteiger partial charge in [-0.25, -0.2) is 0 Å². The van der Waals surface area contributed by atoms with E-state index in [1.54, 1.807) is 0 Å². The van der Waals surface area contributed by atoms with Gasteiger partial charge in [0.15, 0.2) is 0 Å². The molecule has 116 valence electrons. The summed E-state index contributed by atoms with van der Waals surface area (Å²) in [5, 5.41) is 11.7. The highest BCUT2D eigenvalue weighted by molar-refractivity contribution is 5.80. The monoisotopic (exact) mass is 284 g/mol. The summed E-state index contributed by atoms with van der Waals surface area (Å²) in [5.41, 5.74) is 0. The van der Waals surface area contributed by atoms with E-state index in [2.05, 4.69) is 12.2 Å². The van der Waals surface area contributed by atoms with E-state index in [-0.39, 0.29) is 24.3 Å². The second kappa shape index (κ2) is 9.75. The number of hydrogen-bond acceptors (Lipinski definition) is 3. The van der Waals surface area contributed by atoms with Crippen molar-refractivity contribution in [2.45, 2.75) is 51.9 Å². The highest BCUT2D eigenvalue weighted by Crippen LogP contribution is 2.18. The second-order valence-electron chi connectivity index (χ2n) is 5.48. The van der Waals surface area contributed by atoms with E-state index in [0.29, 0.717) is 25.9 Å². The molecule has 5 heteroatoms. The summed E-state index contributed by atoms with van der Waals surface area (Å²) in [6.45, 7) is 4.38. The Bertz CT molecular complexity index is 269. The summed E-state index contributed by atoms with van der Waals surface area (Å²) in [6.07, 6.45) is 5.57. The number of piperidine rings is 1. The zero-order valence-corrected chi connectivity index (χ0v) is 12.6. The van der Waals surface area contributed by atoms with Crippen LogP contribution in [0, 0.1) is 5.92 Å². The molecule has 2 N–H and O–H groups in total. The molecule has 0 spiro atoms. The quantitative estimate of drug-likeness (QED) is 0.660. The average Bonchev–Trinajstić information content (AvgIpc) is 2.47. The van der Waals surface area contributed by atoms with Gasteiger partial charge in [-0.3, -0.25) is 9.59 Å². The van der Waals surface area contributed by atoms with Crippen molar-refractivity contribution in [3.63, 3.8) is 0 Å². The predicted octanol–water partition coefficient (Wildman–Crippen LogP) is 1.30. The Kier molecular flexibility index (Phi) is 8.26. The molecule has 1 rings (SSSR count). The van der Waals surface area contributed by atoms with Crippen molar-refractivity contribution in [3.05, 3.63) is 0 Å². The second-order valence-corrected chi connectivity index (χ2v) is 5.48. The fraction of sp³-hybridized carbons (Fsp3) is 0.867. The Hall–Kier alpha value is -1.10. The number of nitrogens with zero attached hydrogens (tertiary/aromatic N) is 1. The number of amides is 2. The predicted molar refractivity (Wildman–Crippen MR) is 78.2 cm³/mol. The minimum atomic E-state index is 0.0633. The molecule has 0 radical (unpaired) electrons. The molecule has 1 aliphatic rings. The van der Waals surface area contributed by atoms with Gasteiger partial charge in [-0.15, -0.1) is 0 Å². The Morgan fingerprint density at radius 2 is 1.90 bits per heavy atom. The lowest BCUT2D eigenvalue weighted by Crippen LogP contribution is -2.43. The van der Waals surface area contributed by atoms with Crippen LogP contribution in [0.3, 0.4) is 0 Å². The summed E-state index contributed by atoms with van der Waals surface area (Å²) in [6, 6.07) is 0. The van der Waals surface area contributed by atoms with Crippen LogP contribution in [0.2, 0.25) is 0 Å². The Balaban J connectivity index is 2.21. The molecule has 0 aromatic rings. The molecule has 0 aromatic carbocycles. The van der Waals surface area contributed by atoms with Crippen molar-refractivity contribution in [1.29, 1.82) is 0 Å². The number of unbranched alkanes of at least 4 members (excludes halogenated alkanes) is 2. The van der Waals surface area contributed by atoms with Crippen molar-refractivity contribution in [1.82, 2.24) is 10.2 Å². The molecule has 1 fully saturated rings. The molecule has 20 heavy (non-hydrogen) atoms. The summed E-state index contributed by atoms with van der Waals surface area (Å²) >= 11 is 0. The average molecular weight is 284 g/mol. The molecular weight excluding hydrogens is 256 g/mol. The van der Waals surface area contributed by atoms with E-state index in [4.69, 9.17) is 5.11 Å². The summed E-state index contributed by atoms with van der Waals surface area (Å²) in [7, 11) is 0. The van der Waals surface area contributed by atoms with Crippen LogP contribution in [0.5, 0.6) is 0 Å². The molecule has 0 unspecified atom stereocenters. The standard InChI is InChI=1S/C15H28N2O3/c1-2-3-9-16-15(20)13-7-10-17(11-8-13)14(19)6-4-5-12-18/h13,18H,2-12H2,1H3,(H,16,20). The van der Waals surface area contributed by atoms with Crippen molar-refractivity contribution in [2.75, 3.05) is 26.2 Å². The highest BCUT2D eigenvalue weighted by Gasteiger charge is 2.26. The smallest absolute Gasteiger partial charge is 0.223 e. The summed E-state index contributed by atoms with van der Waals surface area (Å²) in [4.78, 5) is 25.7. The first-order valence-electron chi connectivity index (χ1n) is 7.85. The third-order valence-electron chi connectivity index (χ3n) is 3.85. The number of carbonyl (C=O) groups is 2. The minimum Gasteiger partial charge on any atom is -0.396 e. The molecule has 2 amide bonds. The largest absolute Gasteiger partial charge is 0.396 e. The third kappa shape index (κ3) is 5.90. The summed E-state index contributed by atoms with van der Waals surface area (Å²) in [5.74, 6) is 0.363. The van der Waals surface area contributed by atoms with Crippen LogP contribution in [0.4, 0.5) is 0 Å². The number of rotatable bonds is 8. The molecule has 1 heterocycles. The first-order valence-corrected chi connectivity index (χ1v) is 7.85. The van der Waals surface area contributed by atoms with E-state index in [9.17, 15) is 9.59 Å². The van der Waals surface area contributed by atoms with Crippen LogP contribution < -0.4 is 5.32 Å². The number of carbonyl (C=O) groups excluding carboxylic acids is 2. The SMILES string of the molecule is CCCCNC(=O)C1CCN(C(=O)CCCCO)CC1. The maximum atomic E-state index is 11.9. The van der Waals surface area contributed by atoms with Gasteiger partial charge < -0.3 is 15.3 Å². The first kappa shape index (κ1) is 17.0. The van der Waals surface area contributed by atoms with Gasteiger partial charge in [-0.2, -0.15) is 0 Å². The first-order chi connectivity index (χ1) is 9.69. The molecule has 0 aromatic heterocycles. The van der Waals surface area contributed by atoms with E-state index in [1.807, 2.05) is 4.90 Å². The molecule has 1 aliphatic heterocycles. The zero-order valence-electron chi connectivity index (χ0n) is 12.6. The molecule has 5 nitrogen and oxygen atoms in total. The van der Waals surface area contributed by atoms with Crippen LogP contribution >= 0.6 is 0 Å². The number of aliphatic hydroxyl groups excluding tert-OH is 1. The zero-order chi connectivity index (χ0) is 14.8. The topological polar surface area (TPSA) is 69.6 Å². The van der Waals surface area contributed by atoms with E-state index < -0.39 is 0 Å². The van der Waals surface area contributed by atoms with E-state index >= 15 is 0 Å². The van der Waals surface area contributed by atoms with Crippen molar-refractivity contribution in [3.8, 4) is 0 Å². The maximum absolute atomic E-state index is 11.9. The third-order valence-corrected chi connectivity index (χ3v) is 3.85. The minimum absolute atomic E-state index is 0.0633. The maximum Gasteiger partial charge on any atom is 0.223 e. The lowest BCUT2D eigenvalue weighted by Gasteiger charge is -2.31. The van der Waals surface area contributed by atoms with Gasteiger partial charge in [0.25, 0.3) is 0 Å². The van der Waals surface area contributed by atoms with E-state index in [1.165, 1.54) is 0 Å². The van der Waals surface area contributed by atoms with Gasteiger partial charge in [-0.05, 0) is 32.1 Å². The van der Waals surface area contributed by atoms with Crippen LogP contribution in [-0.4, -0.2) is 48.1 Å². The van der Waals surface area contributed by atoms with Crippen molar-refractivity contribution < 1.29 is 14.7 Å². The van der Waals surface area contributed by atoms with E-state index in [0.717, 1.165) is 38.6 Å². The van der Waals surface area contributed by atoms with Crippen LogP contribution in [-0.2, 0) is 9.59 Å². The fourth-order valence-corrected chi connectivity index (χ4v) is 2.47. The molecule has 0 aliphatic carbocycles. The normalized spacial score (nSPS) is 16.2. The van der Waals surface area contributed by atoms with Gasteiger partial charge in [0.2, 0.25) is 11.8 Å². The molecule has 1 saturated heterocycles. The Morgan fingerprint density at radius 3 is 2.50 bits per heavy atom. The highest BCUT2D eigenvalue weighted by atomic mass is 16.3. The van der Waals surface area contributed by atoms with Gasteiger partial charge >= 0.3 is 0 Å². The number of hydrogen-bond donors (Lipinski definition) is 2. The molecule has 0 bridgehead atoms. The lowest BCUT2D eigenvalue weighted by molar-refractivity contribution is -0.135. The molecule has 0 atom stereocenters. The summed E-state index contributed by atoms with van der Waals surface area (Å²) < 4.78 is 0. The lowest BCUT2D eigenvalue weighted by atomic mass is 9.95.